The van der Waals surface area contributed by atoms with Crippen molar-refractivity contribution in [2.75, 3.05) is 6.26 Å². The Bertz CT molecular complexity index is 1010. The van der Waals surface area contributed by atoms with Gasteiger partial charge in [-0.3, -0.25) is 0 Å². The first-order chi connectivity index (χ1) is 13.3. The Balaban J connectivity index is 0.00000420. The van der Waals surface area contributed by atoms with Gasteiger partial charge in [-0.05, 0) is 30.5 Å². The summed E-state index contributed by atoms with van der Waals surface area (Å²) in [5.41, 5.74) is -0.152. The molecule has 0 aliphatic heterocycles. The molecule has 2 aromatic carbocycles. The monoisotopic (exact) mass is 459 g/mol. The van der Waals surface area contributed by atoms with Crippen LogP contribution >= 0.6 is 11.8 Å². The summed E-state index contributed by atoms with van der Waals surface area (Å²) in [5.74, 6) is -3.38. The Morgan fingerprint density at radius 2 is 1.38 bits per heavy atom. The molecule has 29 heavy (non-hydrogen) atoms. The molecule has 0 aliphatic carbocycles. The fraction of sp³-hybridized carbons (Fsp3) is 0.0556. The van der Waals surface area contributed by atoms with Crippen LogP contribution in [0.5, 0.6) is 11.5 Å². The molecule has 0 aromatic heterocycles. The third-order valence-electron chi connectivity index (χ3n) is 3.43. The van der Waals surface area contributed by atoms with E-state index < -0.39 is 23.4 Å². The number of rotatable bonds is 5. The molecule has 0 fully saturated rings. The Hall–Kier alpha value is -3.17. The predicted molar refractivity (Wildman–Crippen MR) is 106 cm³/mol. The molecule has 11 heteroatoms. The molecule has 2 rings (SSSR count). The third-order valence-corrected chi connectivity index (χ3v) is 3.98. The Morgan fingerprint density at radius 3 is 1.83 bits per heavy atom. The average molecular weight is 460 g/mol. The van der Waals surface area contributed by atoms with Crippen molar-refractivity contribution < 1.29 is 46.5 Å². The Labute approximate surface area is 179 Å². The van der Waals surface area contributed by atoms with Crippen LogP contribution in [0.4, 0.5) is 0 Å². The first-order valence-electron chi connectivity index (χ1n) is 7.64. The topological polar surface area (TPSA) is 152 Å². The average Bonchev–Trinajstić information content (AvgIpc) is 2.66. The minimum absolute atomic E-state index is 0. The first-order valence-corrected chi connectivity index (χ1v) is 8.87. The van der Waals surface area contributed by atoms with Crippen molar-refractivity contribution in [2.45, 2.75) is 0 Å². The van der Waals surface area contributed by atoms with Crippen LogP contribution in [0.15, 0.2) is 51.6 Å². The van der Waals surface area contributed by atoms with Crippen molar-refractivity contribution in [3.8, 4) is 11.5 Å². The quantitative estimate of drug-likeness (QED) is 0.232. The van der Waals surface area contributed by atoms with Crippen molar-refractivity contribution in [3.63, 3.8) is 0 Å². The van der Waals surface area contributed by atoms with E-state index in [1.54, 1.807) is 6.26 Å². The molecule has 0 aliphatic rings. The summed E-state index contributed by atoms with van der Waals surface area (Å²) < 4.78 is 0. The van der Waals surface area contributed by atoms with Crippen molar-refractivity contribution >= 4 is 41.3 Å². The number of amidine groups is 1. The van der Waals surface area contributed by atoms with Crippen LogP contribution in [0.1, 0.15) is 31.8 Å². The van der Waals surface area contributed by atoms with Crippen molar-refractivity contribution in [3.05, 3.63) is 58.7 Å². The number of aliphatic imine (C=N–C) groups is 1. The minimum atomic E-state index is -1.27. The second-order valence-electron chi connectivity index (χ2n) is 5.19. The molecule has 9 nitrogen and oxygen atoms in total. The molecule has 2 aromatic rings. The first kappa shape index (κ1) is 23.9. The van der Waals surface area contributed by atoms with Gasteiger partial charge in [0.15, 0.2) is 0 Å². The summed E-state index contributed by atoms with van der Waals surface area (Å²) in [6.07, 6.45) is 4.10. The van der Waals surface area contributed by atoms with E-state index in [9.17, 15) is 19.8 Å². The number of carbonyl (C=O) groups is 2. The second-order valence-corrected chi connectivity index (χ2v) is 5.96. The largest absolute Gasteiger partial charge is 0.506 e. The summed E-state index contributed by atoms with van der Waals surface area (Å²) >= 11 is 1.14. The number of hydrogen-bond donors (Lipinski definition) is 4. The van der Waals surface area contributed by atoms with Gasteiger partial charge >= 0.3 is 11.9 Å². The zero-order valence-corrected chi connectivity index (χ0v) is 16.6. The number of carboxylic acid groups (broad SMARTS) is 2. The molecule has 0 spiro atoms. The number of carboxylic acids is 2. The van der Waals surface area contributed by atoms with Gasteiger partial charge in [0.05, 0.1) is 6.21 Å². The van der Waals surface area contributed by atoms with E-state index in [1.807, 2.05) is 0 Å². The second kappa shape index (κ2) is 11.0. The van der Waals surface area contributed by atoms with Crippen LogP contribution in [0, 0.1) is 0 Å². The van der Waals surface area contributed by atoms with E-state index in [0.717, 1.165) is 11.8 Å². The van der Waals surface area contributed by atoms with Gasteiger partial charge in [-0.15, -0.1) is 5.10 Å². The molecule has 0 radical (unpaired) electrons. The molecular formula is C18H15N3NiO6S. The SMILES string of the molecule is CSC(/N=C/c1cccc(C(=O)O)c1O)=N/N=C/c1cccc(C(=O)O)c1O.[Ni]. The maximum Gasteiger partial charge on any atom is 0.339 e. The van der Waals surface area contributed by atoms with Gasteiger partial charge in [0.2, 0.25) is 5.17 Å². The standard InChI is InChI=1S/C18H15N3O6S.Ni/c1-28-18(19-8-10-4-2-6-12(14(10)22)16(24)25)21-20-9-11-5-3-7-13(15(11)23)17(26)27;/h2-9,22-23H,1H3,(H,24,25)(H,26,27);/b19-8+,20-9+,21-18+;. The fourth-order valence-corrected chi connectivity index (χ4v) is 2.35. The van der Waals surface area contributed by atoms with Gasteiger partial charge in [0.1, 0.15) is 22.6 Å². The van der Waals surface area contributed by atoms with E-state index in [4.69, 9.17) is 10.2 Å². The molecule has 0 heterocycles. The maximum absolute atomic E-state index is 11.0. The Kier molecular flexibility index (Phi) is 9.04. The van der Waals surface area contributed by atoms with Gasteiger partial charge in [0.25, 0.3) is 0 Å². The summed E-state index contributed by atoms with van der Waals surface area (Å²) in [6.45, 7) is 0. The fourth-order valence-electron chi connectivity index (χ4n) is 2.06. The van der Waals surface area contributed by atoms with Gasteiger partial charge < -0.3 is 20.4 Å². The van der Waals surface area contributed by atoms with Crippen LogP contribution in [-0.4, -0.2) is 56.2 Å². The zero-order valence-electron chi connectivity index (χ0n) is 14.8. The summed E-state index contributed by atoms with van der Waals surface area (Å²) in [4.78, 5) is 26.1. The molecule has 0 amide bonds. The van der Waals surface area contributed by atoms with Crippen molar-refractivity contribution in [1.82, 2.24) is 0 Å². The number of aromatic hydroxyl groups is 2. The molecule has 4 N–H and O–H groups in total. The summed E-state index contributed by atoms with van der Waals surface area (Å²) in [5, 5.41) is 45.6. The molecule has 154 valence electrons. The van der Waals surface area contributed by atoms with Crippen LogP contribution < -0.4 is 0 Å². The number of benzene rings is 2. The summed E-state index contributed by atoms with van der Waals surface area (Å²) in [6, 6.07) is 8.41. The zero-order chi connectivity index (χ0) is 20.7. The maximum atomic E-state index is 11.0. The van der Waals surface area contributed by atoms with Gasteiger partial charge in [-0.25, -0.2) is 14.6 Å². The number of hydrogen-bond acceptors (Lipinski definition) is 7. The Morgan fingerprint density at radius 1 is 0.897 bits per heavy atom. The van der Waals surface area contributed by atoms with E-state index in [0.29, 0.717) is 0 Å². The third kappa shape index (κ3) is 6.16. The number of aromatic carboxylic acids is 2. The van der Waals surface area contributed by atoms with Gasteiger partial charge in [-0.2, -0.15) is 5.10 Å². The van der Waals surface area contributed by atoms with Crippen LogP contribution in [0.25, 0.3) is 0 Å². The van der Waals surface area contributed by atoms with E-state index in [2.05, 4.69) is 15.2 Å². The molecule has 0 atom stereocenters. The van der Waals surface area contributed by atoms with E-state index in [1.165, 1.54) is 48.8 Å². The normalized spacial score (nSPS) is 11.6. The van der Waals surface area contributed by atoms with Crippen molar-refractivity contribution in [2.24, 2.45) is 15.2 Å². The molecular weight excluding hydrogens is 445 g/mol. The molecule has 0 unspecified atom stereocenters. The number of para-hydroxylation sites is 2. The minimum Gasteiger partial charge on any atom is -0.506 e. The predicted octanol–water partition coefficient (Wildman–Crippen LogP) is 2.66. The molecule has 0 bridgehead atoms. The van der Waals surface area contributed by atoms with Gasteiger partial charge in [0, 0.05) is 33.8 Å². The number of phenols is 2. The van der Waals surface area contributed by atoms with Crippen molar-refractivity contribution in [1.29, 1.82) is 0 Å². The smallest absolute Gasteiger partial charge is 0.339 e. The van der Waals surface area contributed by atoms with E-state index >= 15 is 0 Å². The number of thioether (sulfide) groups is 1. The van der Waals surface area contributed by atoms with E-state index in [-0.39, 0.29) is 43.9 Å². The molecule has 0 saturated heterocycles. The van der Waals surface area contributed by atoms with Crippen LogP contribution in [-0.2, 0) is 16.5 Å². The van der Waals surface area contributed by atoms with Crippen LogP contribution in [0.3, 0.4) is 0 Å². The summed E-state index contributed by atoms with van der Waals surface area (Å²) in [7, 11) is 0. The molecule has 0 saturated carbocycles. The number of nitrogens with zero attached hydrogens (tertiary/aromatic N) is 3. The van der Waals surface area contributed by atoms with Crippen LogP contribution in [0.2, 0.25) is 0 Å². The van der Waals surface area contributed by atoms with Gasteiger partial charge in [-0.1, -0.05) is 23.9 Å².